The lowest BCUT2D eigenvalue weighted by atomic mass is 10.1. The van der Waals surface area contributed by atoms with Crippen LogP contribution in [-0.2, 0) is 9.59 Å². The van der Waals surface area contributed by atoms with Gasteiger partial charge in [-0.2, -0.15) is 0 Å². The SMILES string of the molecule is COc1cc(NC2=C(c3cccs3)C(=O)N(c3ccc(OC(C)C)cc3)C2=O)cc(OC)c1. The molecule has 0 saturated carbocycles. The minimum Gasteiger partial charge on any atom is -0.497 e. The van der Waals surface area contributed by atoms with Crippen LogP contribution in [0.25, 0.3) is 5.57 Å². The van der Waals surface area contributed by atoms with Crippen LogP contribution in [0.2, 0.25) is 0 Å². The first kappa shape index (κ1) is 22.4. The normalized spacial score (nSPS) is 13.7. The number of amides is 2. The maximum absolute atomic E-state index is 13.5. The number of nitrogens with one attached hydrogen (secondary N) is 1. The van der Waals surface area contributed by atoms with Gasteiger partial charge in [0.05, 0.1) is 31.6 Å². The molecule has 0 radical (unpaired) electrons. The van der Waals surface area contributed by atoms with E-state index in [0.717, 1.165) is 0 Å². The summed E-state index contributed by atoms with van der Waals surface area (Å²) >= 11 is 1.40. The molecular formula is C25H24N2O5S. The second kappa shape index (κ2) is 9.38. The molecule has 4 rings (SSSR count). The van der Waals surface area contributed by atoms with Crippen molar-refractivity contribution < 1.29 is 23.8 Å². The van der Waals surface area contributed by atoms with Crippen molar-refractivity contribution in [3.63, 3.8) is 0 Å². The van der Waals surface area contributed by atoms with Crippen molar-refractivity contribution in [1.82, 2.24) is 0 Å². The van der Waals surface area contributed by atoms with Crippen molar-refractivity contribution in [3.8, 4) is 17.2 Å². The zero-order chi connectivity index (χ0) is 23.5. The fourth-order valence-corrected chi connectivity index (χ4v) is 4.27. The van der Waals surface area contributed by atoms with Gasteiger partial charge in [-0.1, -0.05) is 6.07 Å². The maximum atomic E-state index is 13.5. The standard InChI is InChI=1S/C25H24N2O5S/c1-15(2)32-18-9-7-17(8-10-18)27-24(28)22(21-6-5-11-33-21)23(25(27)29)26-16-12-19(30-3)14-20(13-16)31-4/h5-15,26H,1-4H3. The lowest BCUT2D eigenvalue weighted by molar-refractivity contribution is -0.120. The molecule has 0 bridgehead atoms. The van der Waals surface area contributed by atoms with Gasteiger partial charge in [-0.05, 0) is 49.6 Å². The Morgan fingerprint density at radius 1 is 0.879 bits per heavy atom. The van der Waals surface area contributed by atoms with Crippen LogP contribution in [-0.4, -0.2) is 32.1 Å². The Morgan fingerprint density at radius 2 is 1.55 bits per heavy atom. The molecule has 1 N–H and O–H groups in total. The van der Waals surface area contributed by atoms with Crippen molar-refractivity contribution in [2.24, 2.45) is 0 Å². The lowest BCUT2D eigenvalue weighted by Gasteiger charge is -2.17. The highest BCUT2D eigenvalue weighted by molar-refractivity contribution is 7.11. The van der Waals surface area contributed by atoms with E-state index in [1.807, 2.05) is 31.4 Å². The molecule has 0 aliphatic carbocycles. The van der Waals surface area contributed by atoms with Crippen molar-refractivity contribution in [2.45, 2.75) is 20.0 Å². The van der Waals surface area contributed by atoms with E-state index < -0.39 is 11.8 Å². The van der Waals surface area contributed by atoms with Crippen LogP contribution in [0, 0.1) is 0 Å². The lowest BCUT2D eigenvalue weighted by Crippen LogP contribution is -2.32. The summed E-state index contributed by atoms with van der Waals surface area (Å²) < 4.78 is 16.3. The molecule has 0 unspecified atom stereocenters. The molecule has 0 spiro atoms. The number of thiophene rings is 1. The van der Waals surface area contributed by atoms with E-state index in [1.165, 1.54) is 16.2 Å². The van der Waals surface area contributed by atoms with Gasteiger partial charge in [0.25, 0.3) is 11.8 Å². The monoisotopic (exact) mass is 464 g/mol. The van der Waals surface area contributed by atoms with Gasteiger partial charge < -0.3 is 19.5 Å². The van der Waals surface area contributed by atoms with Crippen LogP contribution in [0.5, 0.6) is 17.2 Å². The van der Waals surface area contributed by atoms with Gasteiger partial charge in [0.2, 0.25) is 0 Å². The number of carbonyl (C=O) groups is 2. The number of methoxy groups -OCH3 is 2. The summed E-state index contributed by atoms with van der Waals surface area (Å²) in [4.78, 5) is 28.8. The Labute approximate surface area is 196 Å². The van der Waals surface area contributed by atoms with E-state index in [-0.39, 0.29) is 11.8 Å². The van der Waals surface area contributed by atoms with Crippen LogP contribution >= 0.6 is 11.3 Å². The molecule has 2 aromatic carbocycles. The van der Waals surface area contributed by atoms with E-state index >= 15 is 0 Å². The van der Waals surface area contributed by atoms with Crippen molar-refractivity contribution in [1.29, 1.82) is 0 Å². The second-order valence-electron chi connectivity index (χ2n) is 7.56. The number of hydrogen-bond acceptors (Lipinski definition) is 7. The average Bonchev–Trinajstić information content (AvgIpc) is 3.40. The molecule has 0 atom stereocenters. The number of benzene rings is 2. The molecule has 7 nitrogen and oxygen atoms in total. The molecular weight excluding hydrogens is 440 g/mol. The number of rotatable bonds is 8. The van der Waals surface area contributed by atoms with Crippen molar-refractivity contribution in [2.75, 3.05) is 24.4 Å². The molecule has 2 amide bonds. The molecule has 0 saturated heterocycles. The molecule has 170 valence electrons. The molecule has 1 aliphatic heterocycles. The van der Waals surface area contributed by atoms with Gasteiger partial charge in [-0.3, -0.25) is 9.59 Å². The third kappa shape index (κ3) is 4.56. The fourth-order valence-electron chi connectivity index (χ4n) is 3.50. The van der Waals surface area contributed by atoms with Crippen LogP contribution in [0.15, 0.2) is 65.7 Å². The van der Waals surface area contributed by atoms with Gasteiger partial charge in [0.1, 0.15) is 22.9 Å². The number of carbonyl (C=O) groups excluding carboxylic acids is 2. The summed E-state index contributed by atoms with van der Waals surface area (Å²) in [6, 6.07) is 15.8. The Morgan fingerprint density at radius 3 is 2.09 bits per heavy atom. The Hall–Kier alpha value is -3.78. The summed E-state index contributed by atoms with van der Waals surface area (Å²) in [5, 5.41) is 5.00. The molecule has 1 aromatic heterocycles. The van der Waals surface area contributed by atoms with Gasteiger partial charge in [0.15, 0.2) is 0 Å². The highest BCUT2D eigenvalue weighted by Crippen LogP contribution is 2.37. The number of ether oxygens (including phenoxy) is 3. The van der Waals surface area contributed by atoms with E-state index in [2.05, 4.69) is 5.32 Å². The minimum absolute atomic E-state index is 0.0219. The summed E-state index contributed by atoms with van der Waals surface area (Å²) in [6.45, 7) is 3.87. The Bertz CT molecular complexity index is 1180. The van der Waals surface area contributed by atoms with Gasteiger partial charge in [-0.15, -0.1) is 11.3 Å². The molecule has 1 aliphatic rings. The number of hydrogen-bond donors (Lipinski definition) is 1. The Kier molecular flexibility index (Phi) is 6.37. The molecule has 2 heterocycles. The number of anilines is 2. The number of imide groups is 1. The van der Waals surface area contributed by atoms with Crippen LogP contribution in [0.3, 0.4) is 0 Å². The first-order valence-electron chi connectivity index (χ1n) is 10.3. The third-order valence-corrected chi connectivity index (χ3v) is 5.83. The van der Waals surface area contributed by atoms with Crippen LogP contribution in [0.4, 0.5) is 11.4 Å². The molecule has 0 fully saturated rings. The van der Waals surface area contributed by atoms with Gasteiger partial charge >= 0.3 is 0 Å². The van der Waals surface area contributed by atoms with Crippen molar-refractivity contribution >= 4 is 40.1 Å². The average molecular weight is 465 g/mol. The molecule has 33 heavy (non-hydrogen) atoms. The predicted molar refractivity (Wildman–Crippen MR) is 129 cm³/mol. The Balaban J connectivity index is 1.72. The van der Waals surface area contributed by atoms with Gasteiger partial charge in [0, 0.05) is 28.8 Å². The minimum atomic E-state index is -0.442. The fraction of sp³-hybridized carbons (Fsp3) is 0.200. The first-order chi connectivity index (χ1) is 15.9. The van der Waals surface area contributed by atoms with E-state index in [0.29, 0.717) is 39.1 Å². The van der Waals surface area contributed by atoms with E-state index in [4.69, 9.17) is 14.2 Å². The summed E-state index contributed by atoms with van der Waals surface area (Å²) in [7, 11) is 3.10. The summed E-state index contributed by atoms with van der Waals surface area (Å²) in [6.07, 6.45) is 0.0219. The van der Waals surface area contributed by atoms with Crippen LogP contribution < -0.4 is 24.4 Å². The highest BCUT2D eigenvalue weighted by atomic mass is 32.1. The molecule has 3 aromatic rings. The summed E-state index contributed by atoms with van der Waals surface area (Å²) in [5.41, 5.74) is 1.55. The topological polar surface area (TPSA) is 77.1 Å². The quantitative estimate of drug-likeness (QED) is 0.476. The smallest absolute Gasteiger partial charge is 0.282 e. The maximum Gasteiger partial charge on any atom is 0.282 e. The summed E-state index contributed by atoms with van der Waals surface area (Å²) in [5.74, 6) is 0.954. The largest absolute Gasteiger partial charge is 0.497 e. The molecule has 8 heteroatoms. The van der Waals surface area contributed by atoms with Crippen molar-refractivity contribution in [3.05, 3.63) is 70.6 Å². The zero-order valence-corrected chi connectivity index (χ0v) is 19.6. The predicted octanol–water partition coefficient (Wildman–Crippen LogP) is 4.95. The van der Waals surface area contributed by atoms with Gasteiger partial charge in [-0.25, -0.2) is 4.90 Å². The van der Waals surface area contributed by atoms with E-state index in [1.54, 1.807) is 56.7 Å². The zero-order valence-electron chi connectivity index (χ0n) is 18.7. The second-order valence-corrected chi connectivity index (χ2v) is 8.51. The third-order valence-electron chi connectivity index (χ3n) is 4.94. The van der Waals surface area contributed by atoms with Crippen LogP contribution in [0.1, 0.15) is 18.7 Å². The highest BCUT2D eigenvalue weighted by Gasteiger charge is 2.40. The number of nitrogens with zero attached hydrogens (tertiary/aromatic N) is 1. The first-order valence-corrected chi connectivity index (χ1v) is 11.2. The van der Waals surface area contributed by atoms with E-state index in [9.17, 15) is 9.59 Å².